The van der Waals surface area contributed by atoms with Gasteiger partial charge < -0.3 is 9.64 Å². The van der Waals surface area contributed by atoms with Crippen LogP contribution in [0.15, 0.2) is 29.2 Å². The minimum atomic E-state index is 0.0692. The molecular weight excluding hydrogens is 328 g/mol. The summed E-state index contributed by atoms with van der Waals surface area (Å²) in [7, 11) is 0. The van der Waals surface area contributed by atoms with E-state index in [1.54, 1.807) is 4.90 Å². The first-order valence-corrected chi connectivity index (χ1v) is 9.15. The number of benzene rings is 1. The van der Waals surface area contributed by atoms with Gasteiger partial charge in [-0.2, -0.15) is 0 Å². The van der Waals surface area contributed by atoms with Crippen LogP contribution in [0.5, 0.6) is 0 Å². The normalized spacial score (nSPS) is 23.9. The van der Waals surface area contributed by atoms with Crippen molar-refractivity contribution in [3.8, 4) is 0 Å². The molecule has 3 aliphatic rings. The molecule has 2 aliphatic heterocycles. The van der Waals surface area contributed by atoms with E-state index in [0.717, 1.165) is 49.6 Å². The van der Waals surface area contributed by atoms with Crippen LogP contribution in [0.2, 0.25) is 0 Å². The van der Waals surface area contributed by atoms with Gasteiger partial charge in [0, 0.05) is 24.8 Å². The van der Waals surface area contributed by atoms with Crippen LogP contribution < -0.4 is 4.90 Å². The number of nitrogens with zero attached hydrogens (tertiary/aromatic N) is 2. The second kappa shape index (κ2) is 6.26. The summed E-state index contributed by atoms with van der Waals surface area (Å²) < 4.78 is 6.08. The van der Waals surface area contributed by atoms with Gasteiger partial charge in [0.1, 0.15) is 4.32 Å². The van der Waals surface area contributed by atoms with Gasteiger partial charge >= 0.3 is 0 Å². The van der Waals surface area contributed by atoms with Crippen LogP contribution >= 0.6 is 24.0 Å². The fourth-order valence-corrected chi connectivity index (χ4v) is 4.28. The number of rotatable bonds is 3. The number of amides is 1. The number of carbonyl (C=O) groups excluding carboxylic acids is 1. The lowest BCUT2D eigenvalue weighted by Gasteiger charge is -2.28. The number of hydrogen-bond donors (Lipinski definition) is 0. The van der Waals surface area contributed by atoms with Gasteiger partial charge in [-0.3, -0.25) is 9.69 Å². The number of hydrogen-bond acceptors (Lipinski definition) is 5. The molecule has 1 aliphatic carbocycles. The first-order chi connectivity index (χ1) is 11.2. The standard InChI is InChI=1S/C17H18N2O2S2/c20-16-15(23-17(22)19(16)14-5-6-14)11-12-1-3-13(4-2-12)18-7-9-21-10-8-18/h1-4,11,14H,5-10H2/b15-11-. The molecule has 0 bridgehead atoms. The van der Waals surface area contributed by atoms with Gasteiger partial charge in [-0.1, -0.05) is 36.1 Å². The molecule has 2 heterocycles. The third-order valence-electron chi connectivity index (χ3n) is 4.30. The Morgan fingerprint density at radius 3 is 2.52 bits per heavy atom. The molecular formula is C17H18N2O2S2. The van der Waals surface area contributed by atoms with E-state index in [2.05, 4.69) is 29.2 Å². The second-order valence-corrected chi connectivity index (χ2v) is 7.65. The number of thioether (sulfide) groups is 1. The molecule has 0 atom stereocenters. The van der Waals surface area contributed by atoms with Crippen LogP contribution in [-0.4, -0.2) is 47.5 Å². The zero-order valence-corrected chi connectivity index (χ0v) is 14.4. The number of carbonyl (C=O) groups is 1. The Morgan fingerprint density at radius 2 is 1.87 bits per heavy atom. The minimum Gasteiger partial charge on any atom is -0.378 e. The van der Waals surface area contributed by atoms with E-state index in [1.807, 2.05) is 6.08 Å². The van der Waals surface area contributed by atoms with E-state index in [9.17, 15) is 4.79 Å². The third-order valence-corrected chi connectivity index (χ3v) is 5.63. The minimum absolute atomic E-state index is 0.0692. The Labute approximate surface area is 145 Å². The van der Waals surface area contributed by atoms with Crippen LogP contribution in [0.1, 0.15) is 18.4 Å². The van der Waals surface area contributed by atoms with Gasteiger partial charge in [0.25, 0.3) is 5.91 Å². The highest BCUT2D eigenvalue weighted by Gasteiger charge is 2.41. The fraction of sp³-hybridized carbons (Fsp3) is 0.412. The van der Waals surface area contributed by atoms with E-state index < -0.39 is 0 Å². The van der Waals surface area contributed by atoms with Gasteiger partial charge in [0.05, 0.1) is 18.1 Å². The number of ether oxygens (including phenoxy) is 1. The summed E-state index contributed by atoms with van der Waals surface area (Å²) in [5, 5.41) is 0. The monoisotopic (exact) mass is 346 g/mol. The van der Waals surface area contributed by atoms with E-state index in [-0.39, 0.29) is 5.91 Å². The lowest BCUT2D eigenvalue weighted by Crippen LogP contribution is -2.36. The van der Waals surface area contributed by atoms with Crippen LogP contribution in [0.25, 0.3) is 6.08 Å². The molecule has 0 radical (unpaired) electrons. The summed E-state index contributed by atoms with van der Waals surface area (Å²) in [6, 6.07) is 8.69. The highest BCUT2D eigenvalue weighted by Crippen LogP contribution is 2.40. The zero-order valence-electron chi connectivity index (χ0n) is 12.7. The second-order valence-electron chi connectivity index (χ2n) is 5.97. The highest BCUT2D eigenvalue weighted by molar-refractivity contribution is 8.26. The molecule has 1 saturated carbocycles. The third kappa shape index (κ3) is 3.16. The molecule has 2 saturated heterocycles. The highest BCUT2D eigenvalue weighted by atomic mass is 32.2. The number of morpholine rings is 1. The van der Waals surface area contributed by atoms with Crippen molar-refractivity contribution in [1.82, 2.24) is 4.90 Å². The number of anilines is 1. The van der Waals surface area contributed by atoms with Gasteiger partial charge in [0.15, 0.2) is 0 Å². The van der Waals surface area contributed by atoms with Crippen LogP contribution in [-0.2, 0) is 9.53 Å². The fourth-order valence-electron chi connectivity index (χ4n) is 2.88. The Morgan fingerprint density at radius 1 is 1.17 bits per heavy atom. The van der Waals surface area contributed by atoms with Crippen molar-refractivity contribution in [3.05, 3.63) is 34.7 Å². The van der Waals surface area contributed by atoms with Crippen molar-refractivity contribution in [1.29, 1.82) is 0 Å². The first-order valence-electron chi connectivity index (χ1n) is 7.92. The zero-order chi connectivity index (χ0) is 15.8. The molecule has 23 heavy (non-hydrogen) atoms. The van der Waals surface area contributed by atoms with E-state index in [4.69, 9.17) is 17.0 Å². The Kier molecular flexibility index (Phi) is 4.13. The molecule has 4 nitrogen and oxygen atoms in total. The average Bonchev–Trinajstić information content (AvgIpc) is 3.36. The molecule has 3 fully saturated rings. The van der Waals surface area contributed by atoms with Crippen molar-refractivity contribution in [3.63, 3.8) is 0 Å². The molecule has 0 spiro atoms. The maximum absolute atomic E-state index is 12.4. The predicted octanol–water partition coefficient (Wildman–Crippen LogP) is 2.89. The van der Waals surface area contributed by atoms with E-state index >= 15 is 0 Å². The smallest absolute Gasteiger partial charge is 0.266 e. The summed E-state index contributed by atoms with van der Waals surface area (Å²) in [5.41, 5.74) is 2.24. The molecule has 6 heteroatoms. The molecule has 120 valence electrons. The molecule has 1 amide bonds. The van der Waals surface area contributed by atoms with Gasteiger partial charge in [-0.25, -0.2) is 0 Å². The van der Waals surface area contributed by atoms with Gasteiger partial charge in [0.2, 0.25) is 0 Å². The van der Waals surface area contributed by atoms with Crippen molar-refractivity contribution in [2.24, 2.45) is 0 Å². The summed E-state index contributed by atoms with van der Waals surface area (Å²) in [6.07, 6.45) is 4.10. The topological polar surface area (TPSA) is 32.8 Å². The van der Waals surface area contributed by atoms with Crippen LogP contribution in [0.3, 0.4) is 0 Å². The Hall–Kier alpha value is -1.37. The summed E-state index contributed by atoms with van der Waals surface area (Å²) >= 11 is 6.76. The van der Waals surface area contributed by atoms with Crippen molar-refractivity contribution in [2.45, 2.75) is 18.9 Å². The maximum Gasteiger partial charge on any atom is 0.266 e. The predicted molar refractivity (Wildman–Crippen MR) is 97.5 cm³/mol. The maximum atomic E-state index is 12.4. The molecule has 0 unspecified atom stereocenters. The van der Waals surface area contributed by atoms with E-state index in [1.165, 1.54) is 17.4 Å². The van der Waals surface area contributed by atoms with Gasteiger partial charge in [-0.15, -0.1) is 0 Å². The molecule has 0 aromatic heterocycles. The van der Waals surface area contributed by atoms with E-state index in [0.29, 0.717) is 10.4 Å². The molecule has 4 rings (SSSR count). The van der Waals surface area contributed by atoms with Gasteiger partial charge in [-0.05, 0) is 36.6 Å². The summed E-state index contributed by atoms with van der Waals surface area (Å²) in [5.74, 6) is 0.0692. The SMILES string of the molecule is O=C1/C(=C/c2ccc(N3CCOCC3)cc2)SC(=S)N1C1CC1. The largest absolute Gasteiger partial charge is 0.378 e. The quantitative estimate of drug-likeness (QED) is 0.621. The first kappa shape index (κ1) is 15.2. The van der Waals surface area contributed by atoms with Crippen molar-refractivity contribution >= 4 is 46.0 Å². The van der Waals surface area contributed by atoms with Crippen molar-refractivity contribution < 1.29 is 9.53 Å². The molecule has 1 aromatic rings. The van der Waals surface area contributed by atoms with Crippen molar-refractivity contribution in [2.75, 3.05) is 31.2 Å². The summed E-state index contributed by atoms with van der Waals surface area (Å²) in [4.78, 5) is 17.3. The Bertz CT molecular complexity index is 662. The lowest BCUT2D eigenvalue weighted by atomic mass is 10.1. The molecule has 1 aromatic carbocycles. The Balaban J connectivity index is 1.50. The average molecular weight is 346 g/mol. The lowest BCUT2D eigenvalue weighted by molar-refractivity contribution is -0.122. The number of thiocarbonyl (C=S) groups is 1. The summed E-state index contributed by atoms with van der Waals surface area (Å²) in [6.45, 7) is 3.43. The molecule has 0 N–H and O–H groups in total. The van der Waals surface area contributed by atoms with Crippen LogP contribution in [0, 0.1) is 0 Å². The van der Waals surface area contributed by atoms with Crippen LogP contribution in [0.4, 0.5) is 5.69 Å².